The zero-order valence-electron chi connectivity index (χ0n) is 3.63. The minimum absolute atomic E-state index is 0. The van der Waals surface area contributed by atoms with Crippen molar-refractivity contribution in [1.82, 2.24) is 0 Å². The van der Waals surface area contributed by atoms with E-state index in [4.69, 9.17) is 0 Å². The van der Waals surface area contributed by atoms with Gasteiger partial charge in [-0.25, -0.2) is 0 Å². The Hall–Kier alpha value is 1.07. The molecule has 0 saturated carbocycles. The van der Waals surface area contributed by atoms with Gasteiger partial charge in [-0.2, -0.15) is 4.21 Å². The first-order valence-electron chi connectivity index (χ1n) is 1.32. The summed E-state index contributed by atoms with van der Waals surface area (Å²) in [7, 11) is 2.61. The molecule has 0 aliphatic carbocycles. The van der Waals surface area contributed by atoms with Crippen molar-refractivity contribution in [2.24, 2.45) is 0 Å². The number of hydrogen-bond donors (Lipinski definition) is 0. The molecule has 5 heteroatoms. The maximum atomic E-state index is 9.85. The second-order valence-electron chi connectivity index (χ2n) is 0.537. The Morgan fingerprint density at radius 1 is 1.29 bits per heavy atom. The number of hydrogen-bond acceptors (Lipinski definition) is 3. The summed E-state index contributed by atoms with van der Waals surface area (Å²) in [6.45, 7) is 0. The molecular weight excluding hydrogens is 127 g/mol. The Morgan fingerprint density at radius 2 is 1.57 bits per heavy atom. The van der Waals surface area contributed by atoms with Crippen LogP contribution in [0.1, 0.15) is 0 Å². The summed E-state index contributed by atoms with van der Waals surface area (Å²) < 4.78 is 18.1. The predicted molar refractivity (Wildman–Crippen MR) is 29.3 cm³/mol. The summed E-state index contributed by atoms with van der Waals surface area (Å²) in [5, 5.41) is 0. The van der Waals surface area contributed by atoms with Gasteiger partial charge in [0.1, 0.15) is 0 Å². The van der Waals surface area contributed by atoms with E-state index in [-0.39, 0.29) is 29.6 Å². The Kier molecular flexibility index (Phi) is 11.1. The van der Waals surface area contributed by atoms with Gasteiger partial charge in [0.05, 0.1) is 14.2 Å². The van der Waals surface area contributed by atoms with E-state index in [9.17, 15) is 4.21 Å². The molecule has 0 atom stereocenters. The topological polar surface area (TPSA) is 35.5 Å². The second-order valence-corrected chi connectivity index (χ2v) is 1.61. The molecular formula is C2H7NaO3S. The molecule has 0 aromatic heterocycles. The van der Waals surface area contributed by atoms with Gasteiger partial charge in [-0.15, -0.1) is 0 Å². The molecule has 0 radical (unpaired) electrons. The van der Waals surface area contributed by atoms with Crippen LogP contribution in [0.3, 0.4) is 0 Å². The van der Waals surface area contributed by atoms with Crippen LogP contribution < -0.4 is 0 Å². The van der Waals surface area contributed by atoms with Crippen LogP contribution in [-0.4, -0.2) is 48.0 Å². The van der Waals surface area contributed by atoms with E-state index in [0.29, 0.717) is 0 Å². The maximum absolute atomic E-state index is 9.85. The van der Waals surface area contributed by atoms with Crippen LogP contribution in [0, 0.1) is 0 Å². The van der Waals surface area contributed by atoms with Gasteiger partial charge >= 0.3 is 40.9 Å². The summed E-state index contributed by atoms with van der Waals surface area (Å²) in [4.78, 5) is 0. The molecule has 0 unspecified atom stereocenters. The first-order chi connectivity index (χ1) is 2.81. The normalized spacial score (nSPS) is 8.43. The van der Waals surface area contributed by atoms with Gasteiger partial charge in [0, 0.05) is 0 Å². The minimum atomic E-state index is -1.53. The molecule has 40 valence electrons. The SMILES string of the molecule is COS(=O)OC.[NaH]. The van der Waals surface area contributed by atoms with E-state index in [0.717, 1.165) is 0 Å². The molecule has 0 saturated heterocycles. The molecule has 0 aliphatic rings. The molecule has 0 aliphatic heterocycles. The van der Waals surface area contributed by atoms with Gasteiger partial charge in [0.2, 0.25) is 0 Å². The molecule has 0 N–H and O–H groups in total. The summed E-state index contributed by atoms with van der Waals surface area (Å²) >= 11 is -1.53. The third-order valence-electron chi connectivity index (χ3n) is 0.272. The Morgan fingerprint density at radius 3 is 1.57 bits per heavy atom. The van der Waals surface area contributed by atoms with Gasteiger partial charge < -0.3 is 0 Å². The monoisotopic (exact) mass is 134 g/mol. The zero-order valence-corrected chi connectivity index (χ0v) is 4.45. The average molecular weight is 134 g/mol. The fraction of sp³-hybridized carbons (Fsp3) is 1.00. The van der Waals surface area contributed by atoms with Crippen LogP contribution in [0.15, 0.2) is 0 Å². The van der Waals surface area contributed by atoms with Gasteiger partial charge in [0.25, 0.3) is 0 Å². The molecule has 0 bridgehead atoms. The molecule has 0 amide bonds. The first-order valence-corrected chi connectivity index (χ1v) is 2.32. The summed E-state index contributed by atoms with van der Waals surface area (Å²) in [6, 6.07) is 0. The third-order valence-corrected chi connectivity index (χ3v) is 0.816. The van der Waals surface area contributed by atoms with Crippen LogP contribution in [0.4, 0.5) is 0 Å². The Balaban J connectivity index is 0. The van der Waals surface area contributed by atoms with E-state index in [2.05, 4.69) is 8.37 Å². The van der Waals surface area contributed by atoms with E-state index >= 15 is 0 Å². The standard InChI is InChI=1S/C2H6O3S.Na.H/c1-4-6(3)5-2;;/h1-2H3;;. The van der Waals surface area contributed by atoms with Crippen LogP contribution in [-0.2, 0) is 19.7 Å². The van der Waals surface area contributed by atoms with Crippen molar-refractivity contribution in [2.45, 2.75) is 0 Å². The van der Waals surface area contributed by atoms with Crippen LogP contribution in [0.25, 0.3) is 0 Å². The first kappa shape index (κ1) is 10.9. The fourth-order valence-electron chi connectivity index (χ4n) is 0.0680. The van der Waals surface area contributed by atoms with Gasteiger partial charge in [-0.1, -0.05) is 0 Å². The Labute approximate surface area is 67.5 Å². The van der Waals surface area contributed by atoms with E-state index in [1.807, 2.05) is 0 Å². The Bertz CT molecular complexity index is 50.9. The zero-order chi connectivity index (χ0) is 4.99. The molecule has 0 heterocycles. The fourth-order valence-corrected chi connectivity index (χ4v) is 0.204. The second kappa shape index (κ2) is 7.07. The molecule has 3 nitrogen and oxygen atoms in total. The van der Waals surface area contributed by atoms with Crippen LogP contribution >= 0.6 is 0 Å². The van der Waals surface area contributed by atoms with Crippen molar-refractivity contribution in [2.75, 3.05) is 14.2 Å². The van der Waals surface area contributed by atoms with Crippen LogP contribution in [0.5, 0.6) is 0 Å². The molecule has 0 rings (SSSR count). The van der Waals surface area contributed by atoms with Crippen LogP contribution in [0.2, 0.25) is 0 Å². The van der Waals surface area contributed by atoms with Gasteiger partial charge in [-0.3, -0.25) is 8.37 Å². The van der Waals surface area contributed by atoms with Crippen molar-refractivity contribution >= 4 is 40.9 Å². The van der Waals surface area contributed by atoms with E-state index in [1.165, 1.54) is 14.2 Å². The van der Waals surface area contributed by atoms with Crippen molar-refractivity contribution in [1.29, 1.82) is 0 Å². The van der Waals surface area contributed by atoms with Crippen molar-refractivity contribution in [3.05, 3.63) is 0 Å². The van der Waals surface area contributed by atoms with Crippen molar-refractivity contribution in [3.8, 4) is 0 Å². The molecule has 0 fully saturated rings. The van der Waals surface area contributed by atoms with Crippen molar-refractivity contribution in [3.63, 3.8) is 0 Å². The molecule has 7 heavy (non-hydrogen) atoms. The average Bonchev–Trinajstić information content (AvgIpc) is 1.65. The summed E-state index contributed by atoms with van der Waals surface area (Å²) in [5.41, 5.74) is 0. The van der Waals surface area contributed by atoms with Gasteiger partial charge in [0.15, 0.2) is 0 Å². The summed E-state index contributed by atoms with van der Waals surface area (Å²) in [5.74, 6) is 0. The van der Waals surface area contributed by atoms with E-state index in [1.54, 1.807) is 0 Å². The van der Waals surface area contributed by atoms with Gasteiger partial charge in [-0.05, 0) is 0 Å². The predicted octanol–water partition coefficient (Wildman–Crippen LogP) is -0.791. The molecule has 0 aromatic rings. The molecule has 0 aromatic carbocycles. The van der Waals surface area contributed by atoms with Crippen molar-refractivity contribution < 1.29 is 12.6 Å². The number of rotatable bonds is 2. The van der Waals surface area contributed by atoms with E-state index < -0.39 is 11.4 Å². The third kappa shape index (κ3) is 7.07. The summed E-state index contributed by atoms with van der Waals surface area (Å²) in [6.07, 6.45) is 0. The quantitative estimate of drug-likeness (QED) is 0.464. The molecule has 0 spiro atoms.